The SMILES string of the molecule is [2H]C(C)(C)c1cc(-c2ccccc2)cc(C([2H])(C)C)c1-n1c(-c2[c-]cc(C)c3c2oc2ncc(C)cc23)nc2ccccc21.[2H]C([2H])([2H])c1c[c-]c(-c2cc(C([2H])([2H])C(C)C)[c]([Ge]([CH3])([CH3])[CH3])cn2)cc1.[Ir]. The summed E-state index contributed by atoms with van der Waals surface area (Å²) in [4.78, 5) is 14.3. The first-order valence-corrected chi connectivity index (χ1v) is 29.0. The van der Waals surface area contributed by atoms with Crippen molar-refractivity contribution >= 4 is 50.8 Å². The Labute approximate surface area is 406 Å². The smallest absolute Gasteiger partial charge is 0 e. The molecule has 0 spiro atoms. The van der Waals surface area contributed by atoms with Gasteiger partial charge in [0.05, 0.1) is 22.4 Å². The first-order chi connectivity index (χ1) is 32.7. The van der Waals surface area contributed by atoms with Gasteiger partial charge in [0.1, 0.15) is 0 Å². The van der Waals surface area contributed by atoms with Crippen LogP contribution in [0.1, 0.15) is 96.3 Å². The summed E-state index contributed by atoms with van der Waals surface area (Å²) < 4.78 is 68.0. The van der Waals surface area contributed by atoms with Gasteiger partial charge in [0.25, 0.3) is 0 Å². The molecular weight excluding hydrogens is 1020 g/mol. The van der Waals surface area contributed by atoms with E-state index in [-0.39, 0.29) is 31.6 Å². The van der Waals surface area contributed by atoms with Crippen LogP contribution in [-0.2, 0) is 26.5 Å². The van der Waals surface area contributed by atoms with Gasteiger partial charge < -0.3 is 8.98 Å². The van der Waals surface area contributed by atoms with E-state index in [4.69, 9.17) is 16.3 Å². The van der Waals surface area contributed by atoms with Crippen molar-refractivity contribution in [1.82, 2.24) is 19.5 Å². The predicted molar refractivity (Wildman–Crippen MR) is 268 cm³/mol. The topological polar surface area (TPSA) is 56.7 Å². The van der Waals surface area contributed by atoms with Crippen molar-refractivity contribution in [2.24, 2.45) is 5.92 Å². The Bertz CT molecular complexity index is 3360. The average molecular weight is 1090 g/mol. The van der Waals surface area contributed by atoms with Crippen molar-refractivity contribution < 1.29 is 34.1 Å². The minimum absolute atomic E-state index is 0. The Morgan fingerprint density at radius 3 is 2.12 bits per heavy atom. The largest absolute Gasteiger partial charge is 0 e. The van der Waals surface area contributed by atoms with Gasteiger partial charge in [0.15, 0.2) is 0 Å². The molecule has 4 aromatic heterocycles. The third-order valence-electron chi connectivity index (χ3n) is 11.3. The number of benzene rings is 5. The normalized spacial score (nSPS) is 14.2. The van der Waals surface area contributed by atoms with Gasteiger partial charge in [0.2, 0.25) is 5.71 Å². The van der Waals surface area contributed by atoms with Crippen LogP contribution in [0.2, 0.25) is 17.3 Å². The van der Waals surface area contributed by atoms with Gasteiger partial charge in [-0.05, 0) is 76.9 Å². The molecule has 329 valence electrons. The van der Waals surface area contributed by atoms with Crippen LogP contribution >= 0.6 is 0 Å². The van der Waals surface area contributed by atoms with Crippen molar-refractivity contribution in [3.8, 4) is 39.5 Å². The first-order valence-electron chi connectivity index (χ1n) is 25.1. The first kappa shape index (κ1) is 38.2. The second kappa shape index (κ2) is 19.1. The third-order valence-corrected chi connectivity index (χ3v) is 15.5. The molecule has 5 aromatic carbocycles. The maximum absolute atomic E-state index is 9.38. The molecule has 64 heavy (non-hydrogen) atoms. The van der Waals surface area contributed by atoms with E-state index < -0.39 is 38.3 Å². The molecule has 0 aliphatic rings. The molecule has 0 bridgehead atoms. The maximum Gasteiger partial charge on any atom is 0 e. The van der Waals surface area contributed by atoms with Crippen molar-refractivity contribution in [3.05, 3.63) is 161 Å². The fraction of sp³-hybridized carbons (Fsp3) is 0.281. The zero-order valence-corrected chi connectivity index (χ0v) is 43.1. The van der Waals surface area contributed by atoms with Gasteiger partial charge in [-0.2, -0.15) is 0 Å². The van der Waals surface area contributed by atoms with Crippen molar-refractivity contribution in [2.75, 3.05) is 0 Å². The summed E-state index contributed by atoms with van der Waals surface area (Å²) in [5.74, 6) is 5.19. The summed E-state index contributed by atoms with van der Waals surface area (Å²) in [6, 6.07) is 39.6. The van der Waals surface area contributed by atoms with Crippen LogP contribution in [-0.4, -0.2) is 32.8 Å². The number of nitrogens with zero attached hydrogens (tertiary/aromatic N) is 4. The van der Waals surface area contributed by atoms with Crippen LogP contribution in [0.3, 0.4) is 0 Å². The molecule has 0 aliphatic carbocycles. The Hall–Kier alpha value is -5.14. The number of imidazole rings is 1. The Morgan fingerprint density at radius 1 is 0.781 bits per heavy atom. The van der Waals surface area contributed by atoms with Gasteiger partial charge in [-0.15, -0.1) is 17.7 Å². The van der Waals surface area contributed by atoms with Gasteiger partial charge in [-0.1, -0.05) is 88.0 Å². The number of rotatable bonds is 9. The van der Waals surface area contributed by atoms with Crippen LogP contribution in [0.25, 0.3) is 72.6 Å². The number of pyridine rings is 2. The molecule has 9 rings (SSSR count). The number of aryl methyl sites for hydroxylation is 3. The van der Waals surface area contributed by atoms with Crippen LogP contribution < -0.4 is 4.40 Å². The Balaban J connectivity index is 0.000000236. The Morgan fingerprint density at radius 2 is 1.48 bits per heavy atom. The molecule has 0 atom stereocenters. The van der Waals surface area contributed by atoms with Gasteiger partial charge in [-0.25, -0.2) is 4.98 Å². The minimum Gasteiger partial charge on any atom is 0 e. The molecule has 9 aromatic rings. The molecule has 0 N–H and O–H groups in total. The molecule has 0 saturated heterocycles. The molecule has 0 saturated carbocycles. The fourth-order valence-corrected chi connectivity index (χ4v) is 11.2. The second-order valence-electron chi connectivity index (χ2n) is 18.2. The fourth-order valence-electron chi connectivity index (χ4n) is 8.21. The van der Waals surface area contributed by atoms with E-state index in [1.165, 1.54) is 6.07 Å². The molecule has 7 heteroatoms. The summed E-state index contributed by atoms with van der Waals surface area (Å²) in [7, 11) is 0. The molecule has 0 unspecified atom stereocenters. The molecule has 0 fully saturated rings. The predicted octanol–water partition coefficient (Wildman–Crippen LogP) is 14.9. The zero-order valence-electron chi connectivity index (χ0n) is 45.6. The van der Waals surface area contributed by atoms with E-state index in [0.29, 0.717) is 39.5 Å². The van der Waals surface area contributed by atoms with Gasteiger partial charge in [-0.3, -0.25) is 4.98 Å². The standard InChI is InChI=1S/C38H34N3O.C19H26GeN.Ir/c1-22(2)29-19-27(26-12-8-7-9-13-26)20-30(23(3)4)35(29)41-33-15-11-10-14-32(33)40-37(41)28-17-16-25(6)34-31-18-24(5)21-39-38(31)42-36(28)34;1-14(2)11-17-12-19(16-9-7-15(3)8-10-16)21-13-18(17)20(4,5)6;/h7-16,18-23H,1-6H3;7-9,12-14H,11H2,1-6H3;/q2*-1;/i22D,23D;3D3,11D2;. The molecule has 0 amide bonds. The van der Waals surface area contributed by atoms with Crippen LogP contribution in [0.15, 0.2) is 120 Å². The minimum atomic E-state index is -2.32. The van der Waals surface area contributed by atoms with E-state index >= 15 is 0 Å². The van der Waals surface area contributed by atoms with E-state index in [1.807, 2.05) is 115 Å². The number of para-hydroxylation sites is 2. The summed E-state index contributed by atoms with van der Waals surface area (Å²) in [5.41, 5.74) is 12.4. The van der Waals surface area contributed by atoms with Crippen molar-refractivity contribution in [2.45, 2.75) is 97.7 Å². The number of furan rings is 1. The van der Waals surface area contributed by atoms with Crippen LogP contribution in [0.5, 0.6) is 0 Å². The van der Waals surface area contributed by atoms with E-state index in [1.54, 1.807) is 12.1 Å². The van der Waals surface area contributed by atoms with Crippen molar-refractivity contribution in [1.29, 1.82) is 0 Å². The maximum atomic E-state index is 9.38. The van der Waals surface area contributed by atoms with Crippen molar-refractivity contribution in [3.63, 3.8) is 0 Å². The summed E-state index contributed by atoms with van der Waals surface area (Å²) >= 11 is -2.32. The second-order valence-corrected chi connectivity index (χ2v) is 28.8. The third kappa shape index (κ3) is 9.47. The summed E-state index contributed by atoms with van der Waals surface area (Å²) in [5, 5.41) is 1.95. The van der Waals surface area contributed by atoms with E-state index in [0.717, 1.165) is 65.3 Å². The monoisotopic (exact) mass is 1090 g/mol. The number of hydrogen-bond donors (Lipinski definition) is 0. The Kier molecular flexibility index (Phi) is 11.4. The number of aromatic nitrogens is 4. The molecular formula is C57H60GeIrN4O-2. The average Bonchev–Trinajstić information content (AvgIpc) is 3.87. The number of hydrogen-bond acceptors (Lipinski definition) is 4. The van der Waals surface area contributed by atoms with Gasteiger partial charge in [0, 0.05) is 40.1 Å². The molecule has 0 aliphatic heterocycles. The van der Waals surface area contributed by atoms with E-state index in [2.05, 4.69) is 81.2 Å². The molecule has 4 heterocycles. The molecule has 5 nitrogen and oxygen atoms in total. The zero-order chi connectivity index (χ0) is 50.9. The van der Waals surface area contributed by atoms with E-state index in [9.17, 15) is 2.74 Å². The van der Waals surface area contributed by atoms with Crippen LogP contribution in [0, 0.1) is 38.8 Å². The summed E-state index contributed by atoms with van der Waals surface area (Å²) in [6.45, 7) is 13.3. The van der Waals surface area contributed by atoms with Crippen LogP contribution in [0.4, 0.5) is 0 Å². The molecule has 1 radical (unpaired) electrons. The number of fused-ring (bicyclic) bond motifs is 4. The quantitative estimate of drug-likeness (QED) is 0.107. The summed E-state index contributed by atoms with van der Waals surface area (Å²) in [6.07, 6.45) is 2.18. The van der Waals surface area contributed by atoms with Gasteiger partial charge >= 0.3 is 139 Å².